The van der Waals surface area contributed by atoms with Gasteiger partial charge < -0.3 is 15.3 Å². The van der Waals surface area contributed by atoms with Crippen LogP contribution in [0.5, 0.6) is 0 Å². The maximum Gasteiger partial charge on any atom is 0.417 e. The Morgan fingerprint density at radius 3 is 2.65 bits per heavy atom. The molecule has 2 aromatic rings. The predicted molar refractivity (Wildman–Crippen MR) is 106 cm³/mol. The number of hydrogen-bond acceptors (Lipinski definition) is 4. The van der Waals surface area contributed by atoms with Crippen LogP contribution in [0.25, 0.3) is 0 Å². The average Bonchev–Trinajstić information content (AvgIpc) is 2.73. The molecule has 0 radical (unpaired) electrons. The van der Waals surface area contributed by atoms with E-state index in [2.05, 4.69) is 5.32 Å². The maximum atomic E-state index is 13.7. The molecule has 0 aliphatic carbocycles. The standard InChI is InChI=1S/C22H17F4N3O2/c1-2-21(31,13-29-9-3-4-14-5-7-16(23)10-19(14)29)20(30)28-17-8-6-15(12-27)18(11-17)22(24,25)26/h1,5-8,10-11,31H,3-4,9,13H2,(H,28,30)/t21-/m0/s1. The van der Waals surface area contributed by atoms with Crippen LogP contribution < -0.4 is 10.2 Å². The third-order valence-corrected chi connectivity index (χ3v) is 5.00. The van der Waals surface area contributed by atoms with Crippen LogP contribution in [0, 0.1) is 29.5 Å². The number of β-amino-alcohol motifs (C(OH)–C–C–N with tert-alkyl or cyclic N) is 1. The van der Waals surface area contributed by atoms with Gasteiger partial charge in [0.2, 0.25) is 5.60 Å². The second kappa shape index (κ2) is 8.29. The zero-order valence-electron chi connectivity index (χ0n) is 16.1. The van der Waals surface area contributed by atoms with E-state index in [1.807, 2.05) is 5.92 Å². The number of fused-ring (bicyclic) bond motifs is 1. The number of benzene rings is 2. The minimum atomic E-state index is -4.81. The number of nitrogens with zero attached hydrogens (tertiary/aromatic N) is 2. The molecule has 0 saturated carbocycles. The monoisotopic (exact) mass is 431 g/mol. The van der Waals surface area contributed by atoms with Crippen molar-refractivity contribution < 1.29 is 27.5 Å². The van der Waals surface area contributed by atoms with Crippen LogP contribution in [0.4, 0.5) is 28.9 Å². The van der Waals surface area contributed by atoms with Crippen LogP contribution in [-0.4, -0.2) is 29.7 Å². The number of terminal acetylenes is 1. The van der Waals surface area contributed by atoms with Crippen molar-refractivity contribution in [3.8, 4) is 18.4 Å². The van der Waals surface area contributed by atoms with Crippen LogP contribution in [0.1, 0.15) is 23.1 Å². The molecule has 0 aromatic heterocycles. The quantitative estimate of drug-likeness (QED) is 0.574. The summed E-state index contributed by atoms with van der Waals surface area (Å²) in [6.45, 7) is 0.0248. The molecule has 5 nitrogen and oxygen atoms in total. The van der Waals surface area contributed by atoms with E-state index in [-0.39, 0.29) is 12.2 Å². The number of anilines is 2. The second-order valence-electron chi connectivity index (χ2n) is 7.13. The van der Waals surface area contributed by atoms with Gasteiger partial charge in [0, 0.05) is 17.9 Å². The highest BCUT2D eigenvalue weighted by Gasteiger charge is 2.38. The summed E-state index contributed by atoms with van der Waals surface area (Å²) in [7, 11) is 0. The highest BCUT2D eigenvalue weighted by atomic mass is 19.4. The van der Waals surface area contributed by atoms with Crippen molar-refractivity contribution in [1.82, 2.24) is 0 Å². The summed E-state index contributed by atoms with van der Waals surface area (Å²) < 4.78 is 53.2. The van der Waals surface area contributed by atoms with Gasteiger partial charge in [0.15, 0.2) is 0 Å². The van der Waals surface area contributed by atoms with Crippen LogP contribution >= 0.6 is 0 Å². The SMILES string of the molecule is C#C[C@](O)(CN1CCCc2ccc(F)cc21)C(=O)Nc1ccc(C#N)c(C(F)(F)F)c1. The predicted octanol–water partition coefficient (Wildman–Crippen LogP) is 3.47. The van der Waals surface area contributed by atoms with Crippen molar-refractivity contribution in [2.45, 2.75) is 24.6 Å². The minimum absolute atomic E-state index is 0.282. The summed E-state index contributed by atoms with van der Waals surface area (Å²) in [5.41, 5.74) is -3.19. The molecular weight excluding hydrogens is 414 g/mol. The number of nitrogens with one attached hydrogen (secondary N) is 1. The van der Waals surface area contributed by atoms with E-state index >= 15 is 0 Å². The summed E-state index contributed by atoms with van der Waals surface area (Å²) in [6, 6.07) is 8.26. The Balaban J connectivity index is 1.85. The van der Waals surface area contributed by atoms with E-state index in [1.54, 1.807) is 11.0 Å². The molecular formula is C22H17F4N3O2. The van der Waals surface area contributed by atoms with Crippen molar-refractivity contribution in [3.05, 3.63) is 58.9 Å². The molecule has 2 aromatic carbocycles. The molecule has 1 aliphatic rings. The van der Waals surface area contributed by atoms with Gasteiger partial charge in [0.25, 0.3) is 5.91 Å². The Hall–Kier alpha value is -3.56. The van der Waals surface area contributed by atoms with E-state index in [9.17, 15) is 27.5 Å². The number of rotatable bonds is 4. The topological polar surface area (TPSA) is 76.4 Å². The molecule has 3 rings (SSSR count). The Bertz CT molecular complexity index is 1100. The van der Waals surface area contributed by atoms with E-state index in [1.165, 1.54) is 18.2 Å². The van der Waals surface area contributed by atoms with E-state index in [0.717, 1.165) is 17.7 Å². The van der Waals surface area contributed by atoms with Gasteiger partial charge in [-0.2, -0.15) is 18.4 Å². The number of halogens is 4. The smallest absolute Gasteiger partial charge is 0.368 e. The van der Waals surface area contributed by atoms with Gasteiger partial charge in [-0.3, -0.25) is 4.79 Å². The number of carbonyl (C=O) groups excluding carboxylic acids is 1. The first-order valence-corrected chi connectivity index (χ1v) is 9.24. The molecule has 1 aliphatic heterocycles. The Labute approximate surface area is 175 Å². The molecule has 160 valence electrons. The molecule has 1 heterocycles. The Morgan fingerprint density at radius 2 is 2.00 bits per heavy atom. The van der Waals surface area contributed by atoms with Gasteiger partial charge in [-0.05, 0) is 48.7 Å². The van der Waals surface area contributed by atoms with Crippen LogP contribution in [0.15, 0.2) is 36.4 Å². The molecule has 2 N–H and O–H groups in total. The number of aliphatic hydroxyl groups is 1. The van der Waals surface area contributed by atoms with E-state index < -0.39 is 34.6 Å². The fraction of sp³-hybridized carbons (Fsp3) is 0.273. The van der Waals surface area contributed by atoms with Crippen LogP contribution in [0.2, 0.25) is 0 Å². The molecule has 0 bridgehead atoms. The van der Waals surface area contributed by atoms with Crippen molar-refractivity contribution in [1.29, 1.82) is 5.26 Å². The van der Waals surface area contributed by atoms with Crippen molar-refractivity contribution in [3.63, 3.8) is 0 Å². The van der Waals surface area contributed by atoms with Crippen LogP contribution in [0.3, 0.4) is 0 Å². The molecule has 0 unspecified atom stereocenters. The minimum Gasteiger partial charge on any atom is -0.368 e. The maximum absolute atomic E-state index is 13.7. The fourth-order valence-corrected chi connectivity index (χ4v) is 3.44. The molecule has 0 fully saturated rings. The lowest BCUT2D eigenvalue weighted by molar-refractivity contribution is -0.137. The lowest BCUT2D eigenvalue weighted by Crippen LogP contribution is -2.52. The lowest BCUT2D eigenvalue weighted by atomic mass is 9.97. The molecule has 0 saturated heterocycles. The zero-order valence-corrected chi connectivity index (χ0v) is 16.1. The molecule has 1 atom stereocenters. The number of carbonyl (C=O) groups is 1. The first-order valence-electron chi connectivity index (χ1n) is 9.24. The normalized spacial score (nSPS) is 15.3. The van der Waals surface area contributed by atoms with Gasteiger partial charge in [-0.1, -0.05) is 12.0 Å². The van der Waals surface area contributed by atoms with E-state index in [4.69, 9.17) is 11.7 Å². The van der Waals surface area contributed by atoms with Gasteiger partial charge in [0.1, 0.15) is 5.82 Å². The highest BCUT2D eigenvalue weighted by Crippen LogP contribution is 2.34. The second-order valence-corrected chi connectivity index (χ2v) is 7.13. The molecule has 31 heavy (non-hydrogen) atoms. The summed E-state index contributed by atoms with van der Waals surface area (Å²) in [5, 5.41) is 21.8. The number of nitriles is 1. The molecule has 0 spiro atoms. The van der Waals surface area contributed by atoms with Crippen molar-refractivity contribution in [2.75, 3.05) is 23.3 Å². The summed E-state index contributed by atoms with van der Waals surface area (Å²) in [5.74, 6) is 0.388. The summed E-state index contributed by atoms with van der Waals surface area (Å²) in [6.07, 6.45) is 1.96. The number of aryl methyl sites for hydroxylation is 1. The third-order valence-electron chi connectivity index (χ3n) is 5.00. The number of amides is 1. The summed E-state index contributed by atoms with van der Waals surface area (Å²) >= 11 is 0. The van der Waals surface area contributed by atoms with E-state index in [0.29, 0.717) is 31.1 Å². The van der Waals surface area contributed by atoms with Gasteiger partial charge in [-0.25, -0.2) is 4.39 Å². The largest absolute Gasteiger partial charge is 0.417 e. The zero-order chi connectivity index (χ0) is 22.8. The van der Waals surface area contributed by atoms with Crippen molar-refractivity contribution >= 4 is 17.3 Å². The number of alkyl halides is 3. The Kier molecular flexibility index (Phi) is 5.92. The van der Waals surface area contributed by atoms with Gasteiger partial charge >= 0.3 is 6.18 Å². The first-order chi connectivity index (χ1) is 14.6. The molecule has 9 heteroatoms. The van der Waals surface area contributed by atoms with Gasteiger partial charge in [0.05, 0.1) is 23.7 Å². The Morgan fingerprint density at radius 1 is 1.26 bits per heavy atom. The first kappa shape index (κ1) is 22.1. The number of hydrogen-bond donors (Lipinski definition) is 2. The fourth-order valence-electron chi connectivity index (χ4n) is 3.44. The lowest BCUT2D eigenvalue weighted by Gasteiger charge is -2.35. The van der Waals surface area contributed by atoms with Crippen LogP contribution in [-0.2, 0) is 17.4 Å². The van der Waals surface area contributed by atoms with Crippen molar-refractivity contribution in [2.24, 2.45) is 0 Å². The molecule has 1 amide bonds. The average molecular weight is 431 g/mol. The van der Waals surface area contributed by atoms with Gasteiger partial charge in [-0.15, -0.1) is 6.42 Å². The third kappa shape index (κ3) is 4.62. The highest BCUT2D eigenvalue weighted by molar-refractivity contribution is 6.00. The summed E-state index contributed by atoms with van der Waals surface area (Å²) in [4.78, 5) is 14.3.